The second-order valence-corrected chi connectivity index (χ2v) is 6.47. The Morgan fingerprint density at radius 2 is 1.91 bits per heavy atom. The summed E-state index contributed by atoms with van der Waals surface area (Å²) in [6.07, 6.45) is 1.37. The monoisotopic (exact) mass is 331 g/mol. The Labute approximate surface area is 140 Å². The zero-order chi connectivity index (χ0) is 16.7. The van der Waals surface area contributed by atoms with Crippen molar-refractivity contribution < 1.29 is 14.7 Å². The summed E-state index contributed by atoms with van der Waals surface area (Å²) < 4.78 is 0. The van der Waals surface area contributed by atoms with Gasteiger partial charge < -0.3 is 10.4 Å². The quantitative estimate of drug-likeness (QED) is 0.726. The van der Waals surface area contributed by atoms with E-state index in [4.69, 9.17) is 5.11 Å². The molecule has 0 fully saturated rings. The highest BCUT2D eigenvalue weighted by Crippen LogP contribution is 2.23. The van der Waals surface area contributed by atoms with Gasteiger partial charge in [0.1, 0.15) is 0 Å². The Hall–Kier alpha value is -2.01. The number of rotatable bonds is 8. The molecule has 0 bridgehead atoms. The van der Waals surface area contributed by atoms with E-state index < -0.39 is 11.9 Å². The fourth-order valence-electron chi connectivity index (χ4n) is 2.36. The van der Waals surface area contributed by atoms with Crippen molar-refractivity contribution in [2.45, 2.75) is 24.7 Å². The van der Waals surface area contributed by atoms with Gasteiger partial charge in [-0.2, -0.15) is 0 Å². The zero-order valence-electron chi connectivity index (χ0n) is 13.1. The van der Waals surface area contributed by atoms with Crippen molar-refractivity contribution in [2.75, 3.05) is 12.3 Å². The largest absolute Gasteiger partial charge is 0.481 e. The standard InChI is InChI=1S/C18H21NO3S/c1-2-5-15(18(21)22)11-19-17(20)12-23-16-9-8-13-6-3-4-7-14(13)10-16/h3-4,6-10,15H,2,5,11-12H2,1H3,(H,19,20)(H,21,22). The van der Waals surface area contributed by atoms with Crippen LogP contribution in [0.1, 0.15) is 19.8 Å². The van der Waals surface area contributed by atoms with Crippen molar-refractivity contribution in [2.24, 2.45) is 5.92 Å². The predicted octanol–water partition coefficient (Wildman–Crippen LogP) is 3.55. The average molecular weight is 331 g/mol. The van der Waals surface area contributed by atoms with Gasteiger partial charge in [0.05, 0.1) is 11.7 Å². The van der Waals surface area contributed by atoms with Crippen LogP contribution in [0.2, 0.25) is 0 Å². The van der Waals surface area contributed by atoms with Crippen LogP contribution in [0.5, 0.6) is 0 Å². The summed E-state index contributed by atoms with van der Waals surface area (Å²) in [7, 11) is 0. The minimum absolute atomic E-state index is 0.134. The van der Waals surface area contributed by atoms with Crippen molar-refractivity contribution in [3.05, 3.63) is 42.5 Å². The first-order valence-corrected chi connectivity index (χ1v) is 8.70. The number of fused-ring (bicyclic) bond motifs is 1. The highest BCUT2D eigenvalue weighted by molar-refractivity contribution is 8.00. The summed E-state index contributed by atoms with van der Waals surface area (Å²) >= 11 is 1.46. The van der Waals surface area contributed by atoms with E-state index in [1.807, 2.05) is 37.3 Å². The van der Waals surface area contributed by atoms with Gasteiger partial charge in [-0.15, -0.1) is 11.8 Å². The van der Waals surface area contributed by atoms with Gasteiger partial charge in [0.15, 0.2) is 0 Å². The molecular weight excluding hydrogens is 310 g/mol. The fraction of sp³-hybridized carbons (Fsp3) is 0.333. The molecule has 23 heavy (non-hydrogen) atoms. The van der Waals surface area contributed by atoms with Crippen molar-refractivity contribution in [1.82, 2.24) is 5.32 Å². The molecule has 0 aliphatic rings. The smallest absolute Gasteiger partial charge is 0.308 e. The van der Waals surface area contributed by atoms with E-state index in [0.717, 1.165) is 16.7 Å². The number of carbonyl (C=O) groups is 2. The third-order valence-corrected chi connectivity index (χ3v) is 4.62. The van der Waals surface area contributed by atoms with Crippen LogP contribution in [0, 0.1) is 5.92 Å². The van der Waals surface area contributed by atoms with Gasteiger partial charge in [-0.3, -0.25) is 9.59 Å². The molecule has 0 aliphatic heterocycles. The molecule has 122 valence electrons. The maximum absolute atomic E-state index is 11.9. The van der Waals surface area contributed by atoms with E-state index in [2.05, 4.69) is 17.4 Å². The third kappa shape index (κ3) is 5.28. The van der Waals surface area contributed by atoms with Crippen LogP contribution in [-0.2, 0) is 9.59 Å². The van der Waals surface area contributed by atoms with E-state index in [0.29, 0.717) is 6.42 Å². The van der Waals surface area contributed by atoms with Gasteiger partial charge in [0, 0.05) is 11.4 Å². The van der Waals surface area contributed by atoms with Crippen molar-refractivity contribution in [1.29, 1.82) is 0 Å². The van der Waals surface area contributed by atoms with Crippen LogP contribution in [0.4, 0.5) is 0 Å². The molecule has 2 rings (SSSR count). The van der Waals surface area contributed by atoms with Crippen LogP contribution >= 0.6 is 11.8 Å². The third-order valence-electron chi connectivity index (χ3n) is 3.62. The van der Waals surface area contributed by atoms with Crippen molar-refractivity contribution >= 4 is 34.4 Å². The number of carboxylic acid groups (broad SMARTS) is 1. The molecule has 2 aromatic carbocycles. The summed E-state index contributed by atoms with van der Waals surface area (Å²) in [6.45, 7) is 2.13. The molecule has 5 heteroatoms. The van der Waals surface area contributed by atoms with Crippen LogP contribution in [0.25, 0.3) is 10.8 Å². The molecule has 1 amide bonds. The Bertz CT molecular complexity index is 687. The van der Waals surface area contributed by atoms with Crippen molar-refractivity contribution in [3.8, 4) is 0 Å². The van der Waals surface area contributed by atoms with Gasteiger partial charge in [0.25, 0.3) is 0 Å². The lowest BCUT2D eigenvalue weighted by Gasteiger charge is -2.12. The van der Waals surface area contributed by atoms with Crippen LogP contribution in [0.15, 0.2) is 47.4 Å². The van der Waals surface area contributed by atoms with Gasteiger partial charge in [-0.05, 0) is 29.3 Å². The summed E-state index contributed by atoms with van der Waals surface area (Å²) in [5.41, 5.74) is 0. The lowest BCUT2D eigenvalue weighted by molar-refractivity contribution is -0.141. The van der Waals surface area contributed by atoms with Gasteiger partial charge in [-0.25, -0.2) is 0 Å². The maximum Gasteiger partial charge on any atom is 0.308 e. The maximum atomic E-state index is 11.9. The lowest BCUT2D eigenvalue weighted by atomic mass is 10.0. The van der Waals surface area contributed by atoms with Crippen LogP contribution < -0.4 is 5.32 Å². The first-order chi connectivity index (χ1) is 11.1. The first-order valence-electron chi connectivity index (χ1n) is 7.71. The lowest BCUT2D eigenvalue weighted by Crippen LogP contribution is -2.33. The Balaban J connectivity index is 1.84. The highest BCUT2D eigenvalue weighted by atomic mass is 32.2. The summed E-state index contributed by atoms with van der Waals surface area (Å²) in [4.78, 5) is 24.0. The number of benzene rings is 2. The van der Waals surface area contributed by atoms with Crippen molar-refractivity contribution in [3.63, 3.8) is 0 Å². The highest BCUT2D eigenvalue weighted by Gasteiger charge is 2.17. The topological polar surface area (TPSA) is 66.4 Å². The molecule has 0 radical (unpaired) electrons. The number of thioether (sulfide) groups is 1. The Kier molecular flexibility index (Phi) is 6.47. The average Bonchev–Trinajstić information content (AvgIpc) is 2.56. The Morgan fingerprint density at radius 1 is 1.17 bits per heavy atom. The summed E-state index contributed by atoms with van der Waals surface area (Å²) in [6, 6.07) is 14.2. The van der Waals surface area contributed by atoms with E-state index in [1.54, 1.807) is 0 Å². The van der Waals surface area contributed by atoms with Gasteiger partial charge >= 0.3 is 5.97 Å². The molecule has 0 aromatic heterocycles. The number of carboxylic acids is 1. The fourth-order valence-corrected chi connectivity index (χ4v) is 3.13. The van der Waals surface area contributed by atoms with E-state index >= 15 is 0 Å². The second-order valence-electron chi connectivity index (χ2n) is 5.43. The molecule has 0 heterocycles. The van der Waals surface area contributed by atoms with E-state index in [9.17, 15) is 9.59 Å². The predicted molar refractivity (Wildman–Crippen MR) is 93.7 cm³/mol. The molecule has 1 unspecified atom stereocenters. The molecule has 0 saturated carbocycles. The minimum atomic E-state index is -0.852. The Morgan fingerprint density at radius 3 is 2.61 bits per heavy atom. The van der Waals surface area contributed by atoms with Crippen LogP contribution in [-0.4, -0.2) is 29.3 Å². The number of nitrogens with one attached hydrogen (secondary N) is 1. The normalized spacial score (nSPS) is 12.0. The SMILES string of the molecule is CCCC(CNC(=O)CSc1ccc2ccccc2c1)C(=O)O. The minimum Gasteiger partial charge on any atom is -0.481 e. The molecular formula is C18H21NO3S. The number of carbonyl (C=O) groups excluding carboxylic acids is 1. The second kappa shape index (κ2) is 8.58. The van der Waals surface area contributed by atoms with Gasteiger partial charge in [-0.1, -0.05) is 43.7 Å². The first kappa shape index (κ1) is 17.3. The molecule has 2 aromatic rings. The number of hydrogen-bond acceptors (Lipinski definition) is 3. The summed E-state index contributed by atoms with van der Waals surface area (Å²) in [5.74, 6) is -1.20. The summed E-state index contributed by atoms with van der Waals surface area (Å²) in [5, 5.41) is 14.1. The number of aliphatic carboxylic acids is 1. The zero-order valence-corrected chi connectivity index (χ0v) is 13.9. The molecule has 4 nitrogen and oxygen atoms in total. The van der Waals surface area contributed by atoms with Gasteiger partial charge in [0.2, 0.25) is 5.91 Å². The van der Waals surface area contributed by atoms with E-state index in [1.165, 1.54) is 17.1 Å². The number of hydrogen-bond donors (Lipinski definition) is 2. The number of amides is 1. The molecule has 2 N–H and O–H groups in total. The molecule has 0 aliphatic carbocycles. The van der Waals surface area contributed by atoms with Crippen LogP contribution in [0.3, 0.4) is 0 Å². The molecule has 0 saturated heterocycles. The molecule has 1 atom stereocenters. The molecule has 0 spiro atoms. The van der Waals surface area contributed by atoms with E-state index in [-0.39, 0.29) is 18.2 Å².